The molecule has 49 heavy (non-hydrogen) atoms. The molecule has 10 nitrogen and oxygen atoms in total. The Hall–Kier alpha value is -5.87. The van der Waals surface area contributed by atoms with Gasteiger partial charge < -0.3 is 25.2 Å². The average molecular weight is 655 g/mol. The first kappa shape index (κ1) is 31.7. The molecule has 10 heteroatoms. The van der Waals surface area contributed by atoms with Crippen molar-refractivity contribution in [3.05, 3.63) is 139 Å². The van der Waals surface area contributed by atoms with Gasteiger partial charge in [-0.05, 0) is 34.4 Å². The highest BCUT2D eigenvalue weighted by Crippen LogP contribution is 2.33. The normalized spacial score (nSPS) is 18.1. The fourth-order valence-electron chi connectivity index (χ4n) is 6.96. The Morgan fingerprint density at radius 1 is 0.918 bits per heavy atom. The fraction of sp³-hybridized carbons (Fsp3) is 0.205. The zero-order valence-electron chi connectivity index (χ0n) is 27.0. The minimum absolute atomic E-state index is 0.0787. The molecule has 2 atom stereocenters. The summed E-state index contributed by atoms with van der Waals surface area (Å²) in [5, 5.41) is 17.3. The molecule has 5 aromatic rings. The van der Waals surface area contributed by atoms with Crippen LogP contribution >= 0.6 is 0 Å². The molecule has 2 saturated heterocycles. The Bertz CT molecular complexity index is 1980. The number of carbonyl (C=O) groups is 3. The van der Waals surface area contributed by atoms with Gasteiger partial charge in [0, 0.05) is 43.2 Å². The van der Waals surface area contributed by atoms with Crippen LogP contribution in [0, 0.1) is 0 Å². The van der Waals surface area contributed by atoms with Gasteiger partial charge in [0.25, 0.3) is 0 Å². The maximum atomic E-state index is 14.5. The first-order chi connectivity index (χ1) is 23.9. The number of carbonyl (C=O) groups excluding carboxylic acids is 3. The van der Waals surface area contributed by atoms with Gasteiger partial charge in [-0.1, -0.05) is 97.1 Å². The summed E-state index contributed by atoms with van der Waals surface area (Å²) in [5.41, 5.74) is 5.74. The monoisotopic (exact) mass is 654 g/mol. The molecule has 2 aliphatic rings. The van der Waals surface area contributed by atoms with Crippen LogP contribution < -0.4 is 5.32 Å². The third kappa shape index (κ3) is 6.38. The van der Waals surface area contributed by atoms with E-state index in [0.717, 1.165) is 38.7 Å². The number of phenols is 1. The number of fused-ring (bicyclic) bond motifs is 2. The van der Waals surface area contributed by atoms with Crippen LogP contribution in [0.15, 0.2) is 122 Å². The van der Waals surface area contributed by atoms with Crippen LogP contribution in [-0.4, -0.2) is 79.6 Å². The van der Waals surface area contributed by atoms with Crippen LogP contribution in [0.4, 0.5) is 4.79 Å². The highest BCUT2D eigenvalue weighted by Gasteiger charge is 2.51. The second-order valence-electron chi connectivity index (χ2n) is 12.4. The number of urea groups is 1. The minimum Gasteiger partial charge on any atom is -0.508 e. The van der Waals surface area contributed by atoms with Crippen molar-refractivity contribution in [2.45, 2.75) is 31.7 Å². The number of phenolic OH excluding ortho intramolecular Hbond substituents is 1. The van der Waals surface area contributed by atoms with E-state index in [1.54, 1.807) is 50.2 Å². The molecule has 2 aliphatic heterocycles. The Morgan fingerprint density at radius 3 is 2.39 bits per heavy atom. The van der Waals surface area contributed by atoms with Gasteiger partial charge in [-0.25, -0.2) is 14.8 Å². The molecule has 0 radical (unpaired) electrons. The van der Waals surface area contributed by atoms with E-state index < -0.39 is 12.2 Å². The van der Waals surface area contributed by atoms with Crippen LogP contribution in [0.2, 0.25) is 0 Å². The first-order valence-electron chi connectivity index (χ1n) is 16.4. The number of para-hydroxylation sites is 1. The molecule has 248 valence electrons. The van der Waals surface area contributed by atoms with Gasteiger partial charge in [-0.15, -0.1) is 6.58 Å². The van der Waals surface area contributed by atoms with Crippen LogP contribution in [-0.2, 0) is 29.1 Å². The summed E-state index contributed by atoms with van der Waals surface area (Å²) < 4.78 is 0. The molecule has 0 spiro atoms. The Morgan fingerprint density at radius 2 is 1.65 bits per heavy atom. The lowest BCUT2D eigenvalue weighted by Gasteiger charge is -2.55. The molecule has 2 fully saturated rings. The molecule has 4 aromatic carbocycles. The molecule has 1 aromatic heterocycles. The van der Waals surface area contributed by atoms with E-state index >= 15 is 0 Å². The lowest BCUT2D eigenvalue weighted by molar-refractivity contribution is -0.189. The molecule has 0 aliphatic carbocycles. The summed E-state index contributed by atoms with van der Waals surface area (Å²) in [4.78, 5) is 49.2. The van der Waals surface area contributed by atoms with Gasteiger partial charge >= 0.3 is 6.03 Å². The van der Waals surface area contributed by atoms with Crippen molar-refractivity contribution >= 4 is 28.7 Å². The molecule has 2 unspecified atom stereocenters. The first-order valence-corrected chi connectivity index (χ1v) is 16.4. The van der Waals surface area contributed by atoms with Gasteiger partial charge in [0.1, 0.15) is 18.0 Å². The number of aromatic amines is 1. The van der Waals surface area contributed by atoms with Crippen LogP contribution in [0.3, 0.4) is 0 Å². The van der Waals surface area contributed by atoms with E-state index in [1.165, 1.54) is 0 Å². The molecule has 3 N–H and O–H groups in total. The number of aromatic hydroxyl groups is 1. The number of piperazine rings is 1. The van der Waals surface area contributed by atoms with E-state index in [1.807, 2.05) is 66.9 Å². The lowest BCUT2D eigenvalue weighted by Crippen LogP contribution is -2.76. The maximum Gasteiger partial charge on any atom is 0.334 e. The Kier molecular flexibility index (Phi) is 8.87. The highest BCUT2D eigenvalue weighted by atomic mass is 16.3. The number of benzene rings is 4. The van der Waals surface area contributed by atoms with E-state index in [-0.39, 0.29) is 56.2 Å². The van der Waals surface area contributed by atoms with Crippen molar-refractivity contribution in [3.63, 3.8) is 0 Å². The Labute approximate surface area is 284 Å². The zero-order chi connectivity index (χ0) is 33.9. The highest BCUT2D eigenvalue weighted by molar-refractivity contribution is 5.97. The van der Waals surface area contributed by atoms with Crippen molar-refractivity contribution in [1.29, 1.82) is 0 Å². The molecule has 0 saturated carbocycles. The molecule has 3 heterocycles. The largest absolute Gasteiger partial charge is 0.508 e. The van der Waals surface area contributed by atoms with E-state index in [4.69, 9.17) is 0 Å². The number of hydrogen-bond acceptors (Lipinski definition) is 5. The smallest absolute Gasteiger partial charge is 0.334 e. The summed E-state index contributed by atoms with van der Waals surface area (Å²) in [7, 11) is 0. The van der Waals surface area contributed by atoms with Crippen molar-refractivity contribution in [3.8, 4) is 16.9 Å². The second-order valence-corrected chi connectivity index (χ2v) is 12.4. The summed E-state index contributed by atoms with van der Waals surface area (Å²) in [5.74, 6) is -0.330. The maximum absolute atomic E-state index is 14.5. The van der Waals surface area contributed by atoms with Crippen LogP contribution in [0.1, 0.15) is 16.7 Å². The number of H-pyrrole nitrogens is 1. The predicted molar refractivity (Wildman–Crippen MR) is 188 cm³/mol. The molecule has 4 amide bonds. The van der Waals surface area contributed by atoms with Gasteiger partial charge in [0.2, 0.25) is 11.8 Å². The quantitative estimate of drug-likeness (QED) is 0.188. The fourth-order valence-corrected chi connectivity index (χ4v) is 6.96. The van der Waals surface area contributed by atoms with Crippen molar-refractivity contribution in [2.75, 3.05) is 19.6 Å². The van der Waals surface area contributed by atoms with Gasteiger partial charge in [0.15, 0.2) is 0 Å². The van der Waals surface area contributed by atoms with E-state index in [9.17, 15) is 19.5 Å². The Balaban J connectivity index is 1.25. The number of nitrogens with one attached hydrogen (secondary N) is 2. The summed E-state index contributed by atoms with van der Waals surface area (Å²) >= 11 is 0. The van der Waals surface area contributed by atoms with E-state index in [2.05, 4.69) is 35.1 Å². The third-order valence-electron chi connectivity index (χ3n) is 9.28. The molecule has 7 rings (SSSR count). The number of nitrogens with zero attached hydrogens (tertiary/aromatic N) is 4. The molecular weight excluding hydrogens is 616 g/mol. The predicted octanol–water partition coefficient (Wildman–Crippen LogP) is 5.28. The number of aromatic nitrogens is 1. The van der Waals surface area contributed by atoms with E-state index in [0.29, 0.717) is 6.54 Å². The number of hydrogen-bond donors (Lipinski definition) is 3. The SMILES string of the molecule is C=CCN1CC(=O)N2C(Cc3ccc(O)cc3)C(=O)N(Cc3cccc4c(-c5ccccc5)c[nH]c34)CC2N1C(=O)NCc1ccccc1. The zero-order valence-corrected chi connectivity index (χ0v) is 27.0. The van der Waals surface area contributed by atoms with Gasteiger partial charge in [-0.2, -0.15) is 0 Å². The van der Waals surface area contributed by atoms with Gasteiger partial charge in [-0.3, -0.25) is 9.59 Å². The lowest BCUT2D eigenvalue weighted by atomic mass is 9.97. The minimum atomic E-state index is -0.867. The molecular formula is C39H38N6O4. The van der Waals surface area contributed by atoms with Crippen LogP contribution in [0.5, 0.6) is 5.75 Å². The van der Waals surface area contributed by atoms with Crippen LogP contribution in [0.25, 0.3) is 22.0 Å². The number of rotatable bonds is 9. The third-order valence-corrected chi connectivity index (χ3v) is 9.28. The van der Waals surface area contributed by atoms with Crippen molar-refractivity contribution < 1.29 is 19.5 Å². The van der Waals surface area contributed by atoms with Crippen molar-refractivity contribution in [2.24, 2.45) is 0 Å². The standard InChI is InChI=1S/C39H38N6O4/c1-2-20-43-26-36(47)44-34(21-27-16-18-31(46)19-17-27)38(48)42(25-35(44)45(43)39(49)41-22-28-10-5-3-6-11-28)24-30-14-9-15-32-33(23-40-37(30)32)29-12-7-4-8-13-29/h2-19,23,34-35,40,46H,1,20-22,24-26H2,(H,41,49). The van der Waals surface area contributed by atoms with Crippen molar-refractivity contribution in [1.82, 2.24) is 30.1 Å². The summed E-state index contributed by atoms with van der Waals surface area (Å²) in [6.07, 6.45) is 3.11. The van der Waals surface area contributed by atoms with Gasteiger partial charge in [0.05, 0.1) is 18.6 Å². The number of amides is 4. The average Bonchev–Trinajstić information content (AvgIpc) is 3.56. The number of hydrazine groups is 1. The molecule has 0 bridgehead atoms. The summed E-state index contributed by atoms with van der Waals surface area (Å²) in [6.45, 7) is 4.76. The topological polar surface area (TPSA) is 112 Å². The second kappa shape index (κ2) is 13.7. The summed E-state index contributed by atoms with van der Waals surface area (Å²) in [6, 6.07) is 31.2.